The lowest BCUT2D eigenvalue weighted by atomic mass is 10.1. The minimum absolute atomic E-state index is 0.129. The lowest BCUT2D eigenvalue weighted by Gasteiger charge is -2.24. The van der Waals surface area contributed by atoms with E-state index in [1.54, 1.807) is 12.4 Å². The van der Waals surface area contributed by atoms with Crippen molar-refractivity contribution in [3.05, 3.63) is 53.6 Å². The van der Waals surface area contributed by atoms with Crippen LogP contribution >= 0.6 is 0 Å². The molecule has 0 aliphatic rings. The molecule has 0 fully saturated rings. The number of esters is 1. The summed E-state index contributed by atoms with van der Waals surface area (Å²) in [5, 5.41) is 7.70. The average molecular weight is 500 g/mol. The first-order valence-corrected chi connectivity index (χ1v) is 13.1. The van der Waals surface area contributed by atoms with Gasteiger partial charge in [0.25, 0.3) is 0 Å². The number of ether oxygens (including phenoxy) is 1. The normalized spacial score (nSPS) is 11.5. The number of aromatic amines is 1. The molecule has 0 unspecified atom stereocenters. The number of benzene rings is 1. The molecule has 0 spiro atoms. The fourth-order valence-electron chi connectivity index (χ4n) is 4.37. The quantitative estimate of drug-likeness (QED) is 0.118. The SMILES string of the molecule is CCCN(CCC)CCCCN(CC(=O)OC)Cc1ccc(CN(CC(=N)N)Cc2ncc[nH]2)cc1. The number of nitrogens with zero attached hydrogens (tertiary/aromatic N) is 4. The molecule has 9 nitrogen and oxygen atoms in total. The zero-order chi connectivity index (χ0) is 26.2. The van der Waals surface area contributed by atoms with Gasteiger partial charge in [-0.3, -0.25) is 20.0 Å². The maximum atomic E-state index is 12.0. The molecule has 0 saturated carbocycles. The van der Waals surface area contributed by atoms with Crippen molar-refractivity contribution >= 4 is 11.8 Å². The second-order valence-electron chi connectivity index (χ2n) is 9.36. The van der Waals surface area contributed by atoms with Crippen LogP contribution in [0.2, 0.25) is 0 Å². The Morgan fingerprint density at radius 3 is 2.00 bits per heavy atom. The summed E-state index contributed by atoms with van der Waals surface area (Å²) in [6.45, 7) is 11.4. The minimum atomic E-state index is -0.206. The number of amidine groups is 1. The van der Waals surface area contributed by atoms with Gasteiger partial charge in [0.15, 0.2) is 0 Å². The Hall–Kier alpha value is -2.75. The summed E-state index contributed by atoms with van der Waals surface area (Å²) in [5.74, 6) is 0.769. The van der Waals surface area contributed by atoms with Crippen LogP contribution in [0.5, 0.6) is 0 Å². The molecule has 0 amide bonds. The Morgan fingerprint density at radius 1 is 0.917 bits per heavy atom. The molecule has 0 aliphatic heterocycles. The highest BCUT2D eigenvalue weighted by Crippen LogP contribution is 2.12. The second kappa shape index (κ2) is 16.8. The van der Waals surface area contributed by atoms with Gasteiger partial charge in [0.1, 0.15) is 11.7 Å². The first-order chi connectivity index (χ1) is 17.4. The fraction of sp³-hybridized carbons (Fsp3) is 0.593. The topological polar surface area (TPSA) is 115 Å². The second-order valence-corrected chi connectivity index (χ2v) is 9.36. The van der Waals surface area contributed by atoms with Gasteiger partial charge in [-0.05, 0) is 63.0 Å². The molecule has 0 bridgehead atoms. The molecular formula is C27H45N7O2. The summed E-state index contributed by atoms with van der Waals surface area (Å²) in [7, 11) is 1.44. The van der Waals surface area contributed by atoms with Gasteiger partial charge in [-0.15, -0.1) is 0 Å². The van der Waals surface area contributed by atoms with Gasteiger partial charge < -0.3 is 20.4 Å². The average Bonchev–Trinajstić information content (AvgIpc) is 3.35. The molecule has 36 heavy (non-hydrogen) atoms. The van der Waals surface area contributed by atoms with E-state index in [0.29, 0.717) is 32.7 Å². The smallest absolute Gasteiger partial charge is 0.319 e. The molecule has 9 heteroatoms. The molecule has 0 atom stereocenters. The van der Waals surface area contributed by atoms with E-state index in [9.17, 15) is 4.79 Å². The lowest BCUT2D eigenvalue weighted by Crippen LogP contribution is -2.33. The van der Waals surface area contributed by atoms with Crippen LogP contribution in [0.1, 0.15) is 56.5 Å². The van der Waals surface area contributed by atoms with Crippen molar-refractivity contribution in [3.8, 4) is 0 Å². The van der Waals surface area contributed by atoms with E-state index in [4.69, 9.17) is 15.9 Å². The highest BCUT2D eigenvalue weighted by molar-refractivity contribution is 5.78. The van der Waals surface area contributed by atoms with Gasteiger partial charge in [-0.2, -0.15) is 0 Å². The van der Waals surface area contributed by atoms with Crippen LogP contribution in [0.3, 0.4) is 0 Å². The van der Waals surface area contributed by atoms with Crippen molar-refractivity contribution in [2.24, 2.45) is 5.73 Å². The van der Waals surface area contributed by atoms with Crippen LogP contribution in [0.15, 0.2) is 36.7 Å². The number of carbonyl (C=O) groups is 1. The molecular weight excluding hydrogens is 454 g/mol. The van der Waals surface area contributed by atoms with Crippen molar-refractivity contribution in [1.29, 1.82) is 5.41 Å². The van der Waals surface area contributed by atoms with Crippen LogP contribution in [-0.2, 0) is 29.2 Å². The largest absolute Gasteiger partial charge is 0.468 e. The number of carbonyl (C=O) groups excluding carboxylic acids is 1. The molecule has 1 aromatic carbocycles. The summed E-state index contributed by atoms with van der Waals surface area (Å²) in [6, 6.07) is 8.44. The Kier molecular flexibility index (Phi) is 13.8. The third kappa shape index (κ3) is 11.8. The van der Waals surface area contributed by atoms with E-state index in [2.05, 4.69) is 62.8 Å². The monoisotopic (exact) mass is 499 g/mol. The maximum absolute atomic E-state index is 12.0. The van der Waals surface area contributed by atoms with Crippen molar-refractivity contribution in [2.45, 2.75) is 59.2 Å². The minimum Gasteiger partial charge on any atom is -0.468 e. The number of aromatic nitrogens is 2. The molecule has 2 aromatic rings. The number of H-pyrrole nitrogens is 1. The number of methoxy groups -OCH3 is 1. The standard InChI is InChI=1S/C27H45N7O2/c1-4-14-32(15-5-2)16-6-7-17-33(22-27(35)36-3)18-23-8-10-24(11-9-23)19-34(20-25(28)29)21-26-30-12-13-31-26/h8-13H,4-7,14-22H2,1-3H3,(H3,28,29)(H,30,31). The predicted octanol–water partition coefficient (Wildman–Crippen LogP) is 3.23. The van der Waals surface area contributed by atoms with E-state index >= 15 is 0 Å². The molecule has 0 saturated heterocycles. The van der Waals surface area contributed by atoms with Crippen LogP contribution in [-0.4, -0.2) is 82.9 Å². The number of hydrogen-bond acceptors (Lipinski definition) is 7. The summed E-state index contributed by atoms with van der Waals surface area (Å²) in [5.41, 5.74) is 7.96. The third-order valence-electron chi connectivity index (χ3n) is 6.02. The molecule has 4 N–H and O–H groups in total. The van der Waals surface area contributed by atoms with E-state index in [0.717, 1.165) is 56.0 Å². The highest BCUT2D eigenvalue weighted by atomic mass is 16.5. The first kappa shape index (κ1) is 29.5. The Morgan fingerprint density at radius 2 is 1.50 bits per heavy atom. The molecule has 1 heterocycles. The van der Waals surface area contributed by atoms with Crippen LogP contribution in [0.4, 0.5) is 0 Å². The van der Waals surface area contributed by atoms with Gasteiger partial charge in [0.2, 0.25) is 0 Å². The van der Waals surface area contributed by atoms with Crippen LogP contribution in [0, 0.1) is 5.41 Å². The van der Waals surface area contributed by atoms with Crippen LogP contribution in [0.25, 0.3) is 0 Å². The molecule has 0 aliphatic carbocycles. The summed E-state index contributed by atoms with van der Waals surface area (Å²) in [6.07, 6.45) is 8.05. The third-order valence-corrected chi connectivity index (χ3v) is 6.02. The zero-order valence-corrected chi connectivity index (χ0v) is 22.3. The van der Waals surface area contributed by atoms with Gasteiger partial charge in [0, 0.05) is 25.5 Å². The molecule has 200 valence electrons. The summed E-state index contributed by atoms with van der Waals surface area (Å²) in [4.78, 5) is 26.2. The summed E-state index contributed by atoms with van der Waals surface area (Å²) >= 11 is 0. The van der Waals surface area contributed by atoms with Gasteiger partial charge in [-0.1, -0.05) is 38.1 Å². The number of nitrogens with two attached hydrogens (primary N) is 1. The summed E-state index contributed by atoms with van der Waals surface area (Å²) < 4.78 is 4.93. The van der Waals surface area contributed by atoms with Gasteiger partial charge in [0.05, 0.1) is 26.7 Å². The van der Waals surface area contributed by atoms with Gasteiger partial charge >= 0.3 is 5.97 Å². The van der Waals surface area contributed by atoms with Gasteiger partial charge in [-0.25, -0.2) is 4.98 Å². The number of hydrogen-bond donors (Lipinski definition) is 3. The van der Waals surface area contributed by atoms with Crippen LogP contribution < -0.4 is 5.73 Å². The number of unbranched alkanes of at least 4 members (excludes halogenated alkanes) is 1. The zero-order valence-electron chi connectivity index (χ0n) is 22.3. The molecule has 0 radical (unpaired) electrons. The number of nitrogens with one attached hydrogen (secondary N) is 2. The highest BCUT2D eigenvalue weighted by Gasteiger charge is 2.14. The van der Waals surface area contributed by atoms with E-state index in [1.165, 1.54) is 20.0 Å². The van der Waals surface area contributed by atoms with Crippen molar-refractivity contribution in [2.75, 3.05) is 46.4 Å². The van der Waals surface area contributed by atoms with E-state index < -0.39 is 0 Å². The Bertz CT molecular complexity index is 865. The predicted molar refractivity (Wildman–Crippen MR) is 145 cm³/mol. The lowest BCUT2D eigenvalue weighted by molar-refractivity contribution is -0.142. The Balaban J connectivity index is 1.92. The molecule has 2 rings (SSSR count). The number of rotatable bonds is 19. The first-order valence-electron chi connectivity index (χ1n) is 13.1. The van der Waals surface area contributed by atoms with Crippen molar-refractivity contribution in [3.63, 3.8) is 0 Å². The fourth-order valence-corrected chi connectivity index (χ4v) is 4.37. The number of imidazole rings is 1. The molecule has 1 aromatic heterocycles. The van der Waals surface area contributed by atoms with E-state index in [-0.39, 0.29) is 11.8 Å². The Labute approximate surface area is 216 Å². The van der Waals surface area contributed by atoms with Crippen molar-refractivity contribution in [1.82, 2.24) is 24.7 Å². The van der Waals surface area contributed by atoms with E-state index in [1.807, 2.05) is 0 Å². The van der Waals surface area contributed by atoms with Crippen molar-refractivity contribution < 1.29 is 9.53 Å². The maximum Gasteiger partial charge on any atom is 0.319 e.